The first-order chi connectivity index (χ1) is 11.1. The molecule has 1 aromatic heterocycles. The van der Waals surface area contributed by atoms with Crippen molar-refractivity contribution >= 4 is 34.8 Å². The van der Waals surface area contributed by atoms with Crippen molar-refractivity contribution in [2.45, 2.75) is 0 Å². The van der Waals surface area contributed by atoms with Gasteiger partial charge in [0.15, 0.2) is 0 Å². The van der Waals surface area contributed by atoms with Crippen LogP contribution in [0.15, 0.2) is 67.0 Å². The number of halogens is 2. The maximum Gasteiger partial charge on any atom is 0.257 e. The van der Waals surface area contributed by atoms with Crippen LogP contribution in [0.4, 0.5) is 5.69 Å². The van der Waals surface area contributed by atoms with Gasteiger partial charge in [0.2, 0.25) is 0 Å². The number of rotatable bonds is 3. The first kappa shape index (κ1) is 15.5. The van der Waals surface area contributed by atoms with Gasteiger partial charge in [0, 0.05) is 23.6 Å². The number of pyridine rings is 1. The van der Waals surface area contributed by atoms with Crippen LogP contribution in [0, 0.1) is 0 Å². The number of hydrogen-bond acceptors (Lipinski definition) is 2. The number of aromatic nitrogens is 1. The van der Waals surface area contributed by atoms with Gasteiger partial charge in [0.1, 0.15) is 0 Å². The predicted molar refractivity (Wildman–Crippen MR) is 94.1 cm³/mol. The average Bonchev–Trinajstić information content (AvgIpc) is 2.59. The van der Waals surface area contributed by atoms with Gasteiger partial charge >= 0.3 is 0 Å². The number of carbonyl (C=O) groups excluding carboxylic acids is 1. The molecule has 0 aliphatic carbocycles. The molecule has 0 unspecified atom stereocenters. The van der Waals surface area contributed by atoms with Gasteiger partial charge in [-0.3, -0.25) is 9.78 Å². The van der Waals surface area contributed by atoms with E-state index >= 15 is 0 Å². The minimum absolute atomic E-state index is 0.217. The van der Waals surface area contributed by atoms with E-state index in [1.165, 1.54) is 6.20 Å². The lowest BCUT2D eigenvalue weighted by molar-refractivity contribution is 0.102. The van der Waals surface area contributed by atoms with Crippen LogP contribution in [-0.2, 0) is 0 Å². The number of carbonyl (C=O) groups is 1. The molecular weight excluding hydrogens is 331 g/mol. The van der Waals surface area contributed by atoms with E-state index in [-0.39, 0.29) is 5.91 Å². The van der Waals surface area contributed by atoms with Gasteiger partial charge in [-0.25, -0.2) is 0 Å². The number of amides is 1. The molecule has 0 spiro atoms. The molecule has 1 amide bonds. The molecule has 0 saturated heterocycles. The zero-order valence-corrected chi connectivity index (χ0v) is 13.5. The first-order valence-corrected chi connectivity index (χ1v) is 7.66. The Balaban J connectivity index is 1.95. The number of hydrogen-bond donors (Lipinski definition) is 1. The summed E-state index contributed by atoms with van der Waals surface area (Å²) < 4.78 is 0. The van der Waals surface area contributed by atoms with E-state index in [2.05, 4.69) is 10.3 Å². The molecular formula is C18H12Cl2N2O. The van der Waals surface area contributed by atoms with Crippen LogP contribution < -0.4 is 5.32 Å². The summed E-state index contributed by atoms with van der Waals surface area (Å²) in [7, 11) is 0. The van der Waals surface area contributed by atoms with Crippen LogP contribution in [0.5, 0.6) is 0 Å². The number of anilines is 1. The molecule has 0 aliphatic heterocycles. The lowest BCUT2D eigenvalue weighted by Gasteiger charge is -2.12. The summed E-state index contributed by atoms with van der Waals surface area (Å²) in [5, 5.41) is 3.87. The van der Waals surface area contributed by atoms with Crippen molar-refractivity contribution in [1.82, 2.24) is 4.98 Å². The Bertz CT molecular complexity index is 851. The summed E-state index contributed by atoms with van der Waals surface area (Å²) in [5.41, 5.74) is 2.93. The van der Waals surface area contributed by atoms with Crippen LogP contribution in [0.3, 0.4) is 0 Å². The van der Waals surface area contributed by atoms with E-state index in [1.807, 2.05) is 30.3 Å². The molecule has 114 valence electrons. The minimum Gasteiger partial charge on any atom is -0.321 e. The molecule has 0 saturated carbocycles. The van der Waals surface area contributed by atoms with Gasteiger partial charge in [0.25, 0.3) is 5.91 Å². The van der Waals surface area contributed by atoms with Gasteiger partial charge in [-0.1, -0.05) is 47.5 Å². The summed E-state index contributed by atoms with van der Waals surface area (Å²) >= 11 is 12.1. The minimum atomic E-state index is -0.217. The molecule has 23 heavy (non-hydrogen) atoms. The third kappa shape index (κ3) is 3.52. The molecule has 2 aromatic carbocycles. The fourth-order valence-electron chi connectivity index (χ4n) is 2.20. The predicted octanol–water partition coefficient (Wildman–Crippen LogP) is 5.31. The fraction of sp³-hybridized carbons (Fsp3) is 0. The Morgan fingerprint density at radius 2 is 1.78 bits per heavy atom. The summed E-state index contributed by atoms with van der Waals surface area (Å²) in [5.74, 6) is -0.217. The molecule has 5 heteroatoms. The number of nitrogens with one attached hydrogen (secondary N) is 1. The molecule has 3 aromatic rings. The second kappa shape index (κ2) is 6.82. The van der Waals surface area contributed by atoms with E-state index in [0.29, 0.717) is 21.3 Å². The van der Waals surface area contributed by atoms with Gasteiger partial charge in [-0.05, 0) is 35.9 Å². The van der Waals surface area contributed by atoms with Crippen molar-refractivity contribution in [2.24, 2.45) is 0 Å². The highest BCUT2D eigenvalue weighted by Crippen LogP contribution is 2.32. The topological polar surface area (TPSA) is 42.0 Å². The molecule has 0 radical (unpaired) electrons. The highest BCUT2D eigenvalue weighted by Gasteiger charge is 2.11. The van der Waals surface area contributed by atoms with Gasteiger partial charge in [-0.2, -0.15) is 0 Å². The van der Waals surface area contributed by atoms with Crippen LogP contribution in [0.2, 0.25) is 10.0 Å². The van der Waals surface area contributed by atoms with Crippen molar-refractivity contribution in [3.63, 3.8) is 0 Å². The monoisotopic (exact) mass is 342 g/mol. The Morgan fingerprint density at radius 3 is 2.52 bits per heavy atom. The molecule has 0 fully saturated rings. The Labute approximate surface area is 143 Å². The number of benzene rings is 2. The molecule has 1 N–H and O–H groups in total. The Kier molecular flexibility index (Phi) is 4.60. The molecule has 3 rings (SSSR count). The van der Waals surface area contributed by atoms with Gasteiger partial charge in [0.05, 0.1) is 15.6 Å². The molecule has 3 nitrogen and oxygen atoms in total. The molecule has 0 bridgehead atoms. The summed E-state index contributed by atoms with van der Waals surface area (Å²) in [4.78, 5) is 16.3. The van der Waals surface area contributed by atoms with Crippen LogP contribution in [-0.4, -0.2) is 10.9 Å². The Morgan fingerprint density at radius 1 is 0.957 bits per heavy atom. The second-order valence-electron chi connectivity index (χ2n) is 4.87. The second-order valence-corrected chi connectivity index (χ2v) is 5.68. The average molecular weight is 343 g/mol. The number of nitrogens with zero attached hydrogens (tertiary/aromatic N) is 1. The van der Waals surface area contributed by atoms with E-state index in [9.17, 15) is 4.79 Å². The lowest BCUT2D eigenvalue weighted by atomic mass is 10.0. The smallest absolute Gasteiger partial charge is 0.257 e. The molecule has 0 atom stereocenters. The quantitative estimate of drug-likeness (QED) is 0.700. The van der Waals surface area contributed by atoms with E-state index in [4.69, 9.17) is 23.2 Å². The Hall–Kier alpha value is -2.36. The van der Waals surface area contributed by atoms with Crippen molar-refractivity contribution in [2.75, 3.05) is 5.32 Å². The van der Waals surface area contributed by atoms with Crippen LogP contribution in [0.25, 0.3) is 11.1 Å². The van der Waals surface area contributed by atoms with Crippen molar-refractivity contribution in [3.05, 3.63) is 82.6 Å². The first-order valence-electron chi connectivity index (χ1n) is 6.91. The zero-order valence-electron chi connectivity index (χ0n) is 12.0. The van der Waals surface area contributed by atoms with Crippen molar-refractivity contribution in [3.8, 4) is 11.1 Å². The highest BCUT2D eigenvalue weighted by atomic mass is 35.5. The third-order valence-electron chi connectivity index (χ3n) is 3.33. The molecule has 0 aliphatic rings. The largest absolute Gasteiger partial charge is 0.321 e. The maximum atomic E-state index is 12.3. The van der Waals surface area contributed by atoms with E-state index in [1.54, 1.807) is 30.5 Å². The zero-order chi connectivity index (χ0) is 16.2. The standard InChI is InChI=1S/C18H12Cl2N2O/c19-15-8-7-12(10-16(15)20)14-5-1-2-6-17(14)22-18(23)13-4-3-9-21-11-13/h1-11H,(H,22,23). The van der Waals surface area contributed by atoms with E-state index < -0.39 is 0 Å². The summed E-state index contributed by atoms with van der Waals surface area (Å²) in [6, 6.07) is 16.3. The van der Waals surface area contributed by atoms with Crippen molar-refractivity contribution in [1.29, 1.82) is 0 Å². The normalized spacial score (nSPS) is 10.3. The highest BCUT2D eigenvalue weighted by molar-refractivity contribution is 6.42. The van der Waals surface area contributed by atoms with Crippen molar-refractivity contribution < 1.29 is 4.79 Å². The van der Waals surface area contributed by atoms with Gasteiger partial charge in [-0.15, -0.1) is 0 Å². The third-order valence-corrected chi connectivity index (χ3v) is 4.07. The van der Waals surface area contributed by atoms with Gasteiger partial charge < -0.3 is 5.32 Å². The fourth-order valence-corrected chi connectivity index (χ4v) is 2.50. The maximum absolute atomic E-state index is 12.3. The van der Waals surface area contributed by atoms with E-state index in [0.717, 1.165) is 11.1 Å². The molecule has 1 heterocycles. The summed E-state index contributed by atoms with van der Waals surface area (Å²) in [6.07, 6.45) is 3.15. The van der Waals surface area contributed by atoms with Crippen LogP contribution >= 0.6 is 23.2 Å². The summed E-state index contributed by atoms with van der Waals surface area (Å²) in [6.45, 7) is 0. The lowest BCUT2D eigenvalue weighted by Crippen LogP contribution is -2.12. The SMILES string of the molecule is O=C(Nc1ccccc1-c1ccc(Cl)c(Cl)c1)c1cccnc1. The van der Waals surface area contributed by atoms with Crippen LogP contribution in [0.1, 0.15) is 10.4 Å². The number of para-hydroxylation sites is 1.